The van der Waals surface area contributed by atoms with E-state index in [1.807, 2.05) is 68.9 Å². The minimum atomic E-state index is -0.177. The van der Waals surface area contributed by atoms with Crippen molar-refractivity contribution < 1.29 is 14.4 Å². The summed E-state index contributed by atoms with van der Waals surface area (Å²) in [7, 11) is 0. The number of para-hydroxylation sites is 1. The van der Waals surface area contributed by atoms with Crippen LogP contribution in [-0.4, -0.2) is 56.7 Å². The molecule has 8 nitrogen and oxygen atoms in total. The molecule has 6 rings (SSSR count). The summed E-state index contributed by atoms with van der Waals surface area (Å²) in [5.74, 6) is 0.0332. The van der Waals surface area contributed by atoms with Crippen LogP contribution in [0.5, 0.6) is 0 Å². The average molecular weight is 496 g/mol. The topological polar surface area (TPSA) is 90.8 Å². The standard InChI is InChI=1S/C29H29N5O3/c1-20(35)9-10-27(36)34-19-29(22-6-2-3-8-25(22)34)12-16-32(17-13-29)28(37)21-18-26(23-11-14-30-31-23)33-15-5-4-7-24(21)33/h2-8,11,14-15,18H,9-10,12-13,16-17,19H2,1H3,(H,30,31). The predicted octanol–water partition coefficient (Wildman–Crippen LogP) is 4.22. The number of ketones is 1. The third-order valence-corrected chi connectivity index (χ3v) is 7.91. The third kappa shape index (κ3) is 3.93. The molecule has 3 aromatic heterocycles. The number of H-pyrrole nitrogens is 1. The SMILES string of the molecule is CC(=O)CCC(=O)N1CC2(CCN(C(=O)c3cc(-c4ccn[nH]4)n4ccccc34)CC2)c2ccccc21. The van der Waals surface area contributed by atoms with Crippen LogP contribution in [0.2, 0.25) is 0 Å². The van der Waals surface area contributed by atoms with Crippen LogP contribution in [0.25, 0.3) is 16.9 Å². The molecular formula is C29H29N5O3. The highest BCUT2D eigenvalue weighted by atomic mass is 16.2. The quantitative estimate of drug-likeness (QED) is 0.449. The van der Waals surface area contributed by atoms with Gasteiger partial charge in [-0.1, -0.05) is 24.3 Å². The Morgan fingerprint density at radius 3 is 2.54 bits per heavy atom. The molecule has 1 spiro atoms. The van der Waals surface area contributed by atoms with Crippen LogP contribution in [0.4, 0.5) is 5.69 Å². The number of Topliss-reactive ketones (excluding diaryl/α,β-unsaturated/α-hetero) is 1. The molecule has 0 aliphatic carbocycles. The fourth-order valence-corrected chi connectivity index (χ4v) is 5.94. The number of benzene rings is 1. The molecule has 5 heterocycles. The van der Waals surface area contributed by atoms with Crippen LogP contribution in [-0.2, 0) is 15.0 Å². The molecule has 0 unspecified atom stereocenters. The molecule has 4 aromatic rings. The van der Waals surface area contributed by atoms with Crippen LogP contribution in [0, 0.1) is 0 Å². The van der Waals surface area contributed by atoms with Crippen molar-refractivity contribution in [1.29, 1.82) is 0 Å². The van der Waals surface area contributed by atoms with E-state index >= 15 is 0 Å². The van der Waals surface area contributed by atoms with E-state index in [4.69, 9.17) is 0 Å². The summed E-state index contributed by atoms with van der Waals surface area (Å²) in [5, 5.41) is 7.07. The summed E-state index contributed by atoms with van der Waals surface area (Å²) in [6, 6.07) is 17.8. The number of fused-ring (bicyclic) bond motifs is 3. The number of aromatic amines is 1. The number of aromatic nitrogens is 3. The average Bonchev–Trinajstić information content (AvgIpc) is 3.65. The normalized spacial score (nSPS) is 16.4. The van der Waals surface area contributed by atoms with Crippen LogP contribution < -0.4 is 4.90 Å². The highest BCUT2D eigenvalue weighted by Crippen LogP contribution is 2.47. The fourth-order valence-electron chi connectivity index (χ4n) is 5.94. The molecule has 1 saturated heterocycles. The molecule has 37 heavy (non-hydrogen) atoms. The number of carbonyl (C=O) groups is 3. The maximum atomic E-state index is 13.8. The molecule has 188 valence electrons. The lowest BCUT2D eigenvalue weighted by Gasteiger charge is -2.40. The Morgan fingerprint density at radius 2 is 1.78 bits per heavy atom. The van der Waals surface area contributed by atoms with Crippen molar-refractivity contribution >= 4 is 28.8 Å². The second kappa shape index (κ2) is 9.03. The maximum absolute atomic E-state index is 13.8. The van der Waals surface area contributed by atoms with E-state index < -0.39 is 0 Å². The lowest BCUT2D eigenvalue weighted by atomic mass is 9.74. The molecule has 8 heteroatoms. The number of rotatable bonds is 5. The molecule has 2 aliphatic heterocycles. The predicted molar refractivity (Wildman–Crippen MR) is 141 cm³/mol. The summed E-state index contributed by atoms with van der Waals surface area (Å²) >= 11 is 0. The smallest absolute Gasteiger partial charge is 0.256 e. The number of nitrogens with zero attached hydrogens (tertiary/aromatic N) is 4. The Balaban J connectivity index is 1.24. The van der Waals surface area contributed by atoms with Gasteiger partial charge in [0.15, 0.2) is 0 Å². The van der Waals surface area contributed by atoms with Gasteiger partial charge in [-0.15, -0.1) is 0 Å². The van der Waals surface area contributed by atoms with Gasteiger partial charge in [-0.25, -0.2) is 0 Å². The Hall–Kier alpha value is -4.20. The molecule has 2 amide bonds. The monoisotopic (exact) mass is 495 g/mol. The Bertz CT molecular complexity index is 1500. The number of likely N-dealkylation sites (tertiary alicyclic amines) is 1. The van der Waals surface area contributed by atoms with Gasteiger partial charge < -0.3 is 19.0 Å². The number of hydrogen-bond acceptors (Lipinski definition) is 4. The zero-order chi connectivity index (χ0) is 25.6. The Labute approximate surface area is 214 Å². The van der Waals surface area contributed by atoms with Crippen molar-refractivity contribution in [2.45, 2.75) is 38.0 Å². The van der Waals surface area contributed by atoms with E-state index in [0.29, 0.717) is 25.2 Å². The van der Waals surface area contributed by atoms with Gasteiger partial charge in [0.25, 0.3) is 5.91 Å². The number of anilines is 1. The van der Waals surface area contributed by atoms with E-state index in [-0.39, 0.29) is 35.9 Å². The van der Waals surface area contributed by atoms with Crippen molar-refractivity contribution in [2.75, 3.05) is 24.5 Å². The Morgan fingerprint density at radius 1 is 1.00 bits per heavy atom. The minimum absolute atomic E-state index is 0.00959. The van der Waals surface area contributed by atoms with Crippen molar-refractivity contribution in [3.8, 4) is 11.4 Å². The molecule has 1 fully saturated rings. The number of piperidine rings is 1. The van der Waals surface area contributed by atoms with Gasteiger partial charge in [-0.05, 0) is 55.7 Å². The van der Waals surface area contributed by atoms with Gasteiger partial charge in [0.1, 0.15) is 5.78 Å². The van der Waals surface area contributed by atoms with Gasteiger partial charge >= 0.3 is 0 Å². The summed E-state index contributed by atoms with van der Waals surface area (Å²) in [4.78, 5) is 42.0. The molecule has 1 aromatic carbocycles. The highest BCUT2D eigenvalue weighted by Gasteiger charge is 2.46. The van der Waals surface area contributed by atoms with E-state index in [9.17, 15) is 14.4 Å². The number of nitrogens with one attached hydrogen (secondary N) is 1. The van der Waals surface area contributed by atoms with Crippen molar-refractivity contribution in [2.24, 2.45) is 0 Å². The molecular weight excluding hydrogens is 466 g/mol. The number of amides is 2. The van der Waals surface area contributed by atoms with E-state index in [1.54, 1.807) is 6.20 Å². The number of carbonyl (C=O) groups excluding carboxylic acids is 3. The van der Waals surface area contributed by atoms with Gasteiger partial charge in [-0.3, -0.25) is 14.7 Å². The lowest BCUT2D eigenvalue weighted by molar-refractivity contribution is -0.123. The van der Waals surface area contributed by atoms with Crippen LogP contribution in [0.1, 0.15) is 48.5 Å². The summed E-state index contributed by atoms with van der Waals surface area (Å²) in [5.41, 5.74) is 5.24. The largest absolute Gasteiger partial charge is 0.339 e. The fraction of sp³-hybridized carbons (Fsp3) is 0.310. The first-order valence-corrected chi connectivity index (χ1v) is 12.8. The van der Waals surface area contributed by atoms with Gasteiger partial charge in [0.2, 0.25) is 5.91 Å². The van der Waals surface area contributed by atoms with Gasteiger partial charge in [0, 0.05) is 56.0 Å². The van der Waals surface area contributed by atoms with Gasteiger partial charge in [0.05, 0.1) is 22.5 Å². The molecule has 0 atom stereocenters. The zero-order valence-electron chi connectivity index (χ0n) is 20.8. The Kier molecular flexibility index (Phi) is 5.67. The first-order valence-electron chi connectivity index (χ1n) is 12.8. The van der Waals surface area contributed by atoms with Crippen LogP contribution in [0.3, 0.4) is 0 Å². The zero-order valence-corrected chi connectivity index (χ0v) is 20.8. The first kappa shape index (κ1) is 23.2. The number of pyridine rings is 1. The molecule has 0 saturated carbocycles. The van der Waals surface area contributed by atoms with Crippen molar-refractivity contribution in [3.63, 3.8) is 0 Å². The third-order valence-electron chi connectivity index (χ3n) is 7.91. The summed E-state index contributed by atoms with van der Waals surface area (Å²) in [6.07, 6.45) is 5.72. The summed E-state index contributed by atoms with van der Waals surface area (Å²) in [6.45, 7) is 3.36. The van der Waals surface area contributed by atoms with E-state index in [1.165, 1.54) is 12.5 Å². The molecule has 0 bridgehead atoms. The van der Waals surface area contributed by atoms with Crippen molar-refractivity contribution in [3.05, 3.63) is 78.1 Å². The minimum Gasteiger partial charge on any atom is -0.339 e. The van der Waals surface area contributed by atoms with Crippen molar-refractivity contribution in [1.82, 2.24) is 19.5 Å². The number of hydrogen-bond donors (Lipinski definition) is 1. The van der Waals surface area contributed by atoms with Crippen LogP contribution >= 0.6 is 0 Å². The van der Waals surface area contributed by atoms with E-state index in [0.717, 1.165) is 35.4 Å². The maximum Gasteiger partial charge on any atom is 0.256 e. The second-order valence-electron chi connectivity index (χ2n) is 10.1. The molecule has 2 aliphatic rings. The van der Waals surface area contributed by atoms with E-state index in [2.05, 4.69) is 16.3 Å². The second-order valence-corrected chi connectivity index (χ2v) is 10.1. The molecule has 0 radical (unpaired) electrons. The van der Waals surface area contributed by atoms with Gasteiger partial charge in [-0.2, -0.15) is 5.10 Å². The highest BCUT2D eigenvalue weighted by molar-refractivity contribution is 6.03. The first-order chi connectivity index (χ1) is 18.0. The van der Waals surface area contributed by atoms with Crippen LogP contribution in [0.15, 0.2) is 67.0 Å². The molecule has 1 N–H and O–H groups in total. The lowest BCUT2D eigenvalue weighted by Crippen LogP contribution is -2.47. The summed E-state index contributed by atoms with van der Waals surface area (Å²) < 4.78 is 2.02.